The van der Waals surface area contributed by atoms with Gasteiger partial charge in [-0.3, -0.25) is 114 Å². The van der Waals surface area contributed by atoms with Gasteiger partial charge in [0.2, 0.25) is 35.7 Å². The number of fused-ring (bicyclic) bond motifs is 12. The van der Waals surface area contributed by atoms with Crippen LogP contribution in [-0.2, 0) is 39.3 Å². The quantitative estimate of drug-likeness (QED) is 0.143. The number of carbonyl (C=O) groups is 6. The van der Waals surface area contributed by atoms with Crippen molar-refractivity contribution in [1.82, 2.24) is 57.3 Å². The summed E-state index contributed by atoms with van der Waals surface area (Å²) in [5.74, 6) is 1.42. The van der Waals surface area contributed by atoms with Gasteiger partial charge in [0, 0.05) is 101 Å². The van der Waals surface area contributed by atoms with Gasteiger partial charge in [-0.2, -0.15) is 0 Å². The van der Waals surface area contributed by atoms with E-state index in [4.69, 9.17) is 16.3 Å². The second-order valence-electron chi connectivity index (χ2n) is 34.3. The molecular formula is C109H90ClFN18O13. The van der Waals surface area contributed by atoms with Gasteiger partial charge in [0.25, 0.3) is 68.8 Å². The Balaban J connectivity index is 0.000000108. The predicted octanol–water partition coefficient (Wildman–Crippen LogP) is 15.3. The van der Waals surface area contributed by atoms with Crippen molar-refractivity contribution in [3.8, 4) is 5.75 Å². The third kappa shape index (κ3) is 18.5. The fourth-order valence-electron chi connectivity index (χ4n) is 18.0. The number of amides is 6. The Morgan fingerprint density at radius 1 is 0.254 bits per heavy atom. The number of anilines is 6. The fraction of sp³-hybridized carbons (Fsp3) is 0.174. The number of hydrogen-bond acceptors (Lipinski definition) is 19. The number of nitrogens with zero attached hydrogens (tertiary/aromatic N) is 18. The lowest BCUT2D eigenvalue weighted by Gasteiger charge is -2.29. The summed E-state index contributed by atoms with van der Waals surface area (Å²) in [4.78, 5) is 190. The molecule has 6 aliphatic rings. The smallest absolute Gasteiger partial charge is 0.264 e. The molecule has 0 atom stereocenters. The highest BCUT2D eigenvalue weighted by Crippen LogP contribution is 2.32. The van der Waals surface area contributed by atoms with Crippen molar-refractivity contribution in [3.05, 3.63) is 415 Å². The summed E-state index contributed by atoms with van der Waals surface area (Å²) in [6.45, 7) is 10.1. The normalized spacial score (nSPS) is 13.6. The van der Waals surface area contributed by atoms with Crippen molar-refractivity contribution in [2.45, 2.75) is 78.8 Å². The molecule has 0 radical (unpaired) electrons. The van der Waals surface area contributed by atoms with Crippen LogP contribution in [0.5, 0.6) is 5.75 Å². The van der Waals surface area contributed by atoms with Crippen LogP contribution in [0.4, 0.5) is 40.1 Å². The van der Waals surface area contributed by atoms with Gasteiger partial charge in [-0.05, 0) is 197 Å². The van der Waals surface area contributed by atoms with Crippen LogP contribution in [0.3, 0.4) is 0 Å². The molecule has 0 unspecified atom stereocenters. The standard InChI is InChI=1S/C19H17N3O3.C19H17N3O2.C18H14ClN3O2.C18H14FN3O2.C18H15N3O2.C17H13N3O2/c1-25-16-10-5-3-8-14(16)18(24)22-12-6-11-21-17(23)13-7-2-4-9-15(13)20-19(21)22;1-13-7-9-14(10-8-13)17(23)21-11-4-12-22-18(24)15-5-2-3-6-16(15)20-19(21)22;19-14-8-3-1-6-12(14)16(23)21-10-5-11-22-17(24)13-7-2-4-9-15(13)20-18(21)22;19-13-8-6-12(7-9-13)16(23)21-10-3-11-22-17(24)14-4-1-2-5-15(14)20-18(21)22;1-12-6-8-13(9-7-12)16(22)20-10-11-21-17(23)14-4-2-3-5-15(14)19-18(20)21;21-15(12-6-2-1-3-7-12)19-10-11-20-16(22)13-8-4-5-9-14(13)18-17(19)20/h2-5,7-10H,6,11-12H2,1H3;2-3,5-10H,4,11-12H2,1H3;1-4,6-9H,5,10-11H2;1-2,4-9H,3,10-11H2;2-9H,10-11H2,1H3;1-9H,10-11H2. The second kappa shape index (κ2) is 40.5. The molecule has 708 valence electrons. The van der Waals surface area contributed by atoms with Crippen molar-refractivity contribution in [2.24, 2.45) is 0 Å². The molecule has 33 heteroatoms. The van der Waals surface area contributed by atoms with E-state index in [9.17, 15) is 61.9 Å². The van der Waals surface area contributed by atoms with E-state index >= 15 is 0 Å². The summed E-state index contributed by atoms with van der Waals surface area (Å²) in [7, 11) is 1.53. The molecule has 0 saturated carbocycles. The number of methoxy groups -OCH3 is 1. The fourth-order valence-corrected chi connectivity index (χ4v) is 18.2. The topological polar surface area (TPSA) is 340 Å². The summed E-state index contributed by atoms with van der Waals surface area (Å²) >= 11 is 6.16. The lowest BCUT2D eigenvalue weighted by atomic mass is 10.1. The molecule has 0 bridgehead atoms. The van der Waals surface area contributed by atoms with Crippen molar-refractivity contribution < 1.29 is 37.9 Å². The first-order valence-corrected chi connectivity index (χ1v) is 46.7. The van der Waals surface area contributed by atoms with Crippen LogP contribution in [0.15, 0.2) is 326 Å². The van der Waals surface area contributed by atoms with Crippen molar-refractivity contribution in [3.63, 3.8) is 0 Å². The van der Waals surface area contributed by atoms with Crippen molar-refractivity contribution in [2.75, 3.05) is 75.8 Å². The van der Waals surface area contributed by atoms with Gasteiger partial charge in [-0.25, -0.2) is 34.3 Å². The minimum Gasteiger partial charge on any atom is -0.496 e. The zero-order valence-corrected chi connectivity index (χ0v) is 78.0. The SMILES string of the molecule is COc1ccccc1C(=O)N1CCCn2c1nc1ccccc1c2=O.Cc1ccc(C(=O)N2CCCn3c2nc2ccccc2c3=O)cc1.Cc1ccc(C(=O)N2CCn3c2nc2ccccc2c3=O)cc1.O=C(c1ccc(F)cc1)N1CCCn2c1nc1ccccc1c2=O.O=C(c1ccccc1)N1CCn2c1nc1ccccc1c2=O.O=C(c1ccccc1Cl)N1CCCn2c1nc1ccccc1c2=O. The molecular weight excluding hydrogens is 1820 g/mol. The van der Waals surface area contributed by atoms with E-state index in [1.807, 2.05) is 135 Å². The summed E-state index contributed by atoms with van der Waals surface area (Å²) < 4.78 is 27.8. The molecule has 6 amide bonds. The monoisotopic (exact) mass is 1910 g/mol. The van der Waals surface area contributed by atoms with Crippen LogP contribution in [0.25, 0.3) is 65.4 Å². The maximum Gasteiger partial charge on any atom is 0.264 e. The number of hydrogen-bond donors (Lipinski definition) is 0. The Kier molecular flexibility index (Phi) is 26.7. The van der Waals surface area contributed by atoms with E-state index in [-0.39, 0.29) is 68.8 Å². The molecule has 0 spiro atoms. The summed E-state index contributed by atoms with van der Waals surface area (Å²) in [6, 6.07) is 86.5. The molecule has 0 aliphatic carbocycles. The summed E-state index contributed by atoms with van der Waals surface area (Å²) in [5, 5.41) is 3.82. The molecule has 12 heterocycles. The summed E-state index contributed by atoms with van der Waals surface area (Å²) in [5.41, 5.74) is 8.21. The van der Waals surface area contributed by atoms with Gasteiger partial charge < -0.3 is 4.74 Å². The number of halogens is 2. The zero-order valence-electron chi connectivity index (χ0n) is 77.2. The Bertz CT molecular complexity index is 8300. The average Bonchev–Trinajstić information content (AvgIpc) is 1.19. The minimum absolute atomic E-state index is 0.0861. The largest absolute Gasteiger partial charge is 0.496 e. The zero-order chi connectivity index (χ0) is 98.5. The van der Waals surface area contributed by atoms with Crippen LogP contribution in [-0.4, -0.2) is 139 Å². The molecule has 0 fully saturated rings. The van der Waals surface area contributed by atoms with Crippen LogP contribution < -0.4 is 67.5 Å². The number of para-hydroxylation sites is 7. The van der Waals surface area contributed by atoms with E-state index in [0.717, 1.165) is 17.5 Å². The van der Waals surface area contributed by atoms with E-state index in [2.05, 4.69) is 29.9 Å². The third-order valence-corrected chi connectivity index (χ3v) is 25.6. The van der Waals surface area contributed by atoms with Gasteiger partial charge in [-0.1, -0.05) is 162 Å². The van der Waals surface area contributed by atoms with Crippen LogP contribution >= 0.6 is 11.6 Å². The van der Waals surface area contributed by atoms with Crippen LogP contribution in [0, 0.1) is 19.7 Å². The molecule has 0 N–H and O–H groups in total. The van der Waals surface area contributed by atoms with Gasteiger partial charge in [0.1, 0.15) is 11.6 Å². The highest BCUT2D eigenvalue weighted by Gasteiger charge is 2.36. The van der Waals surface area contributed by atoms with Crippen molar-refractivity contribution >= 4 is 148 Å². The molecule has 12 aromatic carbocycles. The van der Waals surface area contributed by atoms with Gasteiger partial charge in [0.15, 0.2) is 0 Å². The molecule has 6 aromatic heterocycles. The van der Waals surface area contributed by atoms with E-state index in [0.29, 0.717) is 243 Å². The van der Waals surface area contributed by atoms with Gasteiger partial charge >= 0.3 is 0 Å². The Labute approximate surface area is 813 Å². The first kappa shape index (κ1) is 93.3. The van der Waals surface area contributed by atoms with Crippen LogP contribution in [0.2, 0.25) is 5.02 Å². The van der Waals surface area contributed by atoms with E-state index in [1.165, 1.54) is 40.8 Å². The third-order valence-electron chi connectivity index (χ3n) is 25.3. The highest BCUT2D eigenvalue weighted by molar-refractivity contribution is 6.34. The second-order valence-corrected chi connectivity index (χ2v) is 34.7. The molecule has 6 aliphatic heterocycles. The van der Waals surface area contributed by atoms with Crippen molar-refractivity contribution in [1.29, 1.82) is 0 Å². The van der Waals surface area contributed by atoms with E-state index < -0.39 is 5.82 Å². The lowest BCUT2D eigenvalue weighted by Crippen LogP contribution is -2.42. The number of aromatic nitrogens is 12. The number of benzene rings is 12. The summed E-state index contributed by atoms with van der Waals surface area (Å²) in [6.07, 6.45) is 2.81. The van der Waals surface area contributed by atoms with Crippen LogP contribution in [0.1, 0.15) is 99.0 Å². The Morgan fingerprint density at radius 3 is 0.789 bits per heavy atom. The maximum atomic E-state index is 13.1. The Hall–Kier alpha value is -17.7. The number of aryl methyl sites for hydroxylation is 2. The highest BCUT2D eigenvalue weighted by atomic mass is 35.5. The predicted molar refractivity (Wildman–Crippen MR) is 544 cm³/mol. The molecule has 31 nitrogen and oxygen atoms in total. The molecule has 18 aromatic rings. The molecule has 142 heavy (non-hydrogen) atoms. The molecule has 0 saturated heterocycles. The van der Waals surface area contributed by atoms with Gasteiger partial charge in [-0.15, -0.1) is 0 Å². The molecule has 24 rings (SSSR count). The maximum absolute atomic E-state index is 13.1. The van der Waals surface area contributed by atoms with Gasteiger partial charge in [0.05, 0.1) is 88.7 Å². The average molecular weight is 1910 g/mol. The minimum atomic E-state index is -0.397. The van der Waals surface area contributed by atoms with E-state index in [1.54, 1.807) is 199 Å². The lowest BCUT2D eigenvalue weighted by molar-refractivity contribution is 0.0970. The number of ether oxygens (including phenoxy) is 1. The number of carbonyl (C=O) groups excluding carboxylic acids is 6. The Morgan fingerprint density at radius 2 is 0.486 bits per heavy atom. The first-order valence-electron chi connectivity index (χ1n) is 46.3. The first-order chi connectivity index (χ1) is 69.1. The number of rotatable bonds is 7.